The van der Waals surface area contributed by atoms with E-state index in [4.69, 9.17) is 16.0 Å². The Hall–Kier alpha value is -2.81. The lowest BCUT2D eigenvalue weighted by Gasteiger charge is -2.34. The maximum absolute atomic E-state index is 13.6. The molecule has 34 heavy (non-hydrogen) atoms. The number of aromatic nitrogens is 2. The molecule has 0 saturated carbocycles. The Labute approximate surface area is 209 Å². The van der Waals surface area contributed by atoms with E-state index >= 15 is 0 Å². The van der Waals surface area contributed by atoms with Gasteiger partial charge < -0.3 is 19.5 Å². The smallest absolute Gasteiger partial charge is 0.289 e. The fourth-order valence-electron chi connectivity index (χ4n) is 4.64. The molecule has 2 aliphatic rings. The van der Waals surface area contributed by atoms with Crippen LogP contribution in [0.2, 0.25) is 5.02 Å². The minimum atomic E-state index is -0.141. The predicted molar refractivity (Wildman–Crippen MR) is 131 cm³/mol. The molecule has 180 valence electrons. The summed E-state index contributed by atoms with van der Waals surface area (Å²) in [4.78, 5) is 29.7. The molecule has 4 heterocycles. The monoisotopic (exact) mass is 503 g/mol. The van der Waals surface area contributed by atoms with Crippen molar-refractivity contribution in [2.45, 2.75) is 18.8 Å². The van der Waals surface area contributed by atoms with Gasteiger partial charge >= 0.3 is 0 Å². The van der Waals surface area contributed by atoms with Gasteiger partial charge in [-0.15, -0.1) is 12.4 Å². The van der Waals surface area contributed by atoms with Gasteiger partial charge in [0.15, 0.2) is 5.76 Å². The number of amides is 2. The third-order valence-corrected chi connectivity index (χ3v) is 6.67. The number of halogens is 2. The van der Waals surface area contributed by atoms with Crippen LogP contribution in [0, 0.1) is 0 Å². The van der Waals surface area contributed by atoms with Crippen molar-refractivity contribution in [2.24, 2.45) is 0 Å². The lowest BCUT2D eigenvalue weighted by molar-refractivity contribution is 0.0517. The van der Waals surface area contributed by atoms with E-state index in [1.807, 2.05) is 33.8 Å². The maximum atomic E-state index is 13.6. The highest BCUT2D eigenvalue weighted by molar-refractivity contribution is 6.30. The molecule has 0 atom stereocenters. The minimum absolute atomic E-state index is 0. The highest BCUT2D eigenvalue weighted by atomic mass is 35.5. The molecular formula is C24H27Cl2N5O3. The van der Waals surface area contributed by atoms with Crippen molar-refractivity contribution in [3.63, 3.8) is 0 Å². The number of benzene rings is 1. The van der Waals surface area contributed by atoms with Gasteiger partial charge in [-0.1, -0.05) is 11.6 Å². The number of nitrogens with one attached hydrogen (secondary N) is 1. The second-order valence-electron chi connectivity index (χ2n) is 8.42. The summed E-state index contributed by atoms with van der Waals surface area (Å²) in [6.45, 7) is 3.72. The number of rotatable bonds is 4. The van der Waals surface area contributed by atoms with E-state index in [1.54, 1.807) is 23.2 Å². The molecule has 10 heteroatoms. The summed E-state index contributed by atoms with van der Waals surface area (Å²) >= 11 is 6.08. The van der Waals surface area contributed by atoms with Crippen molar-refractivity contribution < 1.29 is 14.0 Å². The van der Waals surface area contributed by atoms with Crippen molar-refractivity contribution in [3.8, 4) is 5.69 Å². The van der Waals surface area contributed by atoms with Gasteiger partial charge in [0.05, 0.1) is 29.4 Å². The number of furan rings is 1. The zero-order valence-corrected chi connectivity index (χ0v) is 20.2. The molecule has 2 aromatic heterocycles. The number of piperidine rings is 1. The highest BCUT2D eigenvalue weighted by Crippen LogP contribution is 2.31. The summed E-state index contributed by atoms with van der Waals surface area (Å²) in [6.07, 6.45) is 5.08. The first-order valence-corrected chi connectivity index (χ1v) is 11.7. The Bertz CT molecular complexity index is 1120. The molecule has 2 saturated heterocycles. The molecule has 2 aliphatic heterocycles. The Morgan fingerprint density at radius 2 is 1.62 bits per heavy atom. The number of carbonyl (C=O) groups excluding carboxylic acids is 2. The first kappa shape index (κ1) is 24.3. The van der Waals surface area contributed by atoms with E-state index in [1.165, 1.54) is 6.26 Å². The lowest BCUT2D eigenvalue weighted by atomic mass is 9.91. The molecule has 2 amide bonds. The van der Waals surface area contributed by atoms with Crippen LogP contribution in [-0.2, 0) is 0 Å². The summed E-state index contributed by atoms with van der Waals surface area (Å²) in [6, 6.07) is 10.9. The second-order valence-corrected chi connectivity index (χ2v) is 8.85. The number of nitrogens with zero attached hydrogens (tertiary/aromatic N) is 4. The third kappa shape index (κ3) is 4.85. The van der Waals surface area contributed by atoms with E-state index in [2.05, 4.69) is 10.4 Å². The average molecular weight is 504 g/mol. The van der Waals surface area contributed by atoms with Gasteiger partial charge in [-0.2, -0.15) is 5.10 Å². The van der Waals surface area contributed by atoms with Crippen LogP contribution in [0.3, 0.4) is 0 Å². The Kier molecular flexibility index (Phi) is 7.60. The normalized spacial score (nSPS) is 16.9. The van der Waals surface area contributed by atoms with Crippen LogP contribution in [-0.4, -0.2) is 70.7 Å². The number of hydrogen-bond donors (Lipinski definition) is 1. The molecule has 0 spiro atoms. The highest BCUT2D eigenvalue weighted by Gasteiger charge is 2.32. The standard InChI is InChI=1S/C24H26ClN5O3.ClH/c25-18-3-5-19(6-4-18)30-22(17-7-9-26-10-8-17)20(16-27-30)23(31)28-11-13-29(14-12-28)24(32)21-2-1-15-33-21;/h1-6,15-17,26H,7-14H2;1H. The fraction of sp³-hybridized carbons (Fsp3) is 0.375. The molecule has 0 aliphatic carbocycles. The van der Waals surface area contributed by atoms with Gasteiger partial charge in [0, 0.05) is 37.1 Å². The summed E-state index contributed by atoms with van der Waals surface area (Å²) < 4.78 is 7.12. The van der Waals surface area contributed by atoms with Crippen LogP contribution < -0.4 is 5.32 Å². The van der Waals surface area contributed by atoms with Crippen molar-refractivity contribution in [3.05, 3.63) is 70.9 Å². The van der Waals surface area contributed by atoms with Crippen molar-refractivity contribution in [1.82, 2.24) is 24.9 Å². The molecule has 5 rings (SSSR count). The van der Waals surface area contributed by atoms with E-state index in [0.717, 1.165) is 37.3 Å². The van der Waals surface area contributed by atoms with Crippen molar-refractivity contribution in [2.75, 3.05) is 39.3 Å². The zero-order valence-electron chi connectivity index (χ0n) is 18.7. The molecule has 0 bridgehead atoms. The SMILES string of the molecule is Cl.O=C(c1ccco1)N1CCN(C(=O)c2cnn(-c3ccc(Cl)cc3)c2C2CCNCC2)CC1. The van der Waals surface area contributed by atoms with E-state index < -0.39 is 0 Å². The van der Waals surface area contributed by atoms with Gasteiger partial charge in [0.25, 0.3) is 11.8 Å². The molecule has 3 aromatic rings. The largest absolute Gasteiger partial charge is 0.459 e. The predicted octanol–water partition coefficient (Wildman–Crippen LogP) is 3.61. The first-order chi connectivity index (χ1) is 16.1. The van der Waals surface area contributed by atoms with Crippen LogP contribution in [0.15, 0.2) is 53.3 Å². The summed E-state index contributed by atoms with van der Waals surface area (Å²) in [5.74, 6) is 0.393. The Morgan fingerprint density at radius 1 is 0.971 bits per heavy atom. The lowest BCUT2D eigenvalue weighted by Crippen LogP contribution is -2.50. The quantitative estimate of drug-likeness (QED) is 0.587. The number of piperazine rings is 1. The Morgan fingerprint density at radius 3 is 2.24 bits per heavy atom. The molecule has 1 N–H and O–H groups in total. The molecular weight excluding hydrogens is 477 g/mol. The topological polar surface area (TPSA) is 83.6 Å². The molecule has 0 radical (unpaired) electrons. The van der Waals surface area contributed by atoms with Crippen LogP contribution in [0.1, 0.15) is 45.4 Å². The minimum Gasteiger partial charge on any atom is -0.459 e. The van der Waals surface area contributed by atoms with Crippen LogP contribution in [0.5, 0.6) is 0 Å². The molecule has 0 unspecified atom stereocenters. The van der Waals surface area contributed by atoms with E-state index in [-0.39, 0.29) is 30.1 Å². The van der Waals surface area contributed by atoms with Crippen LogP contribution in [0.4, 0.5) is 0 Å². The summed E-state index contributed by atoms with van der Waals surface area (Å²) in [5, 5.41) is 8.67. The molecule has 2 fully saturated rings. The van der Waals surface area contributed by atoms with Gasteiger partial charge in [0.2, 0.25) is 0 Å². The van der Waals surface area contributed by atoms with E-state index in [0.29, 0.717) is 42.5 Å². The maximum Gasteiger partial charge on any atom is 0.289 e. The summed E-state index contributed by atoms with van der Waals surface area (Å²) in [5.41, 5.74) is 2.49. The third-order valence-electron chi connectivity index (χ3n) is 6.42. The van der Waals surface area contributed by atoms with Gasteiger partial charge in [0.1, 0.15) is 0 Å². The number of carbonyl (C=O) groups is 2. The summed E-state index contributed by atoms with van der Waals surface area (Å²) in [7, 11) is 0. The Balaban J connectivity index is 0.00000274. The average Bonchev–Trinajstić information content (AvgIpc) is 3.55. The van der Waals surface area contributed by atoms with Crippen molar-refractivity contribution >= 4 is 35.8 Å². The first-order valence-electron chi connectivity index (χ1n) is 11.3. The molecule has 1 aromatic carbocycles. The van der Waals surface area contributed by atoms with Crippen LogP contribution >= 0.6 is 24.0 Å². The zero-order chi connectivity index (χ0) is 22.8. The fourth-order valence-corrected chi connectivity index (χ4v) is 4.76. The molecule has 8 nitrogen and oxygen atoms in total. The van der Waals surface area contributed by atoms with E-state index in [9.17, 15) is 9.59 Å². The number of hydrogen-bond acceptors (Lipinski definition) is 5. The van der Waals surface area contributed by atoms with Gasteiger partial charge in [-0.05, 0) is 62.3 Å². The second kappa shape index (κ2) is 10.6. The van der Waals surface area contributed by atoms with Gasteiger partial charge in [-0.3, -0.25) is 9.59 Å². The van der Waals surface area contributed by atoms with Crippen LogP contribution in [0.25, 0.3) is 5.69 Å². The van der Waals surface area contributed by atoms with Gasteiger partial charge in [-0.25, -0.2) is 4.68 Å². The van der Waals surface area contributed by atoms with Crippen molar-refractivity contribution in [1.29, 1.82) is 0 Å².